The molecule has 2 N–H and O–H groups in total. The summed E-state index contributed by atoms with van der Waals surface area (Å²) in [5.41, 5.74) is 0. The minimum atomic E-state index is -2.93. The van der Waals surface area contributed by atoms with Crippen molar-refractivity contribution in [2.45, 2.75) is 25.3 Å². The van der Waals surface area contributed by atoms with Gasteiger partial charge in [0.15, 0.2) is 0 Å². The normalized spacial score (nSPS) is 27.2. The molecule has 0 bridgehead atoms. The summed E-state index contributed by atoms with van der Waals surface area (Å²) in [6.07, 6.45) is -1.68. The maximum atomic E-state index is 13.2. The van der Waals surface area contributed by atoms with Crippen molar-refractivity contribution in [3.05, 3.63) is 0 Å². The molecule has 0 saturated carbocycles. The fourth-order valence-corrected chi connectivity index (χ4v) is 1.55. The maximum Gasteiger partial charge on any atom is 0.405 e. The second-order valence-electron chi connectivity index (χ2n) is 3.41. The summed E-state index contributed by atoms with van der Waals surface area (Å²) in [4.78, 5) is 12.1. The number of likely N-dealkylation sites (N-methyl/N-ethyl adjacent to an activating group) is 1. The van der Waals surface area contributed by atoms with Gasteiger partial charge in [0, 0.05) is 19.5 Å². The first-order chi connectivity index (χ1) is 6.45. The standard InChI is InChI=1S/C8H14F2N2O2/c1-2-12-4-3-8(9,10)6(5-12)11-7(13)14/h6,11H,2-5H2,1H3,(H,13,14). The number of hydrogen-bond acceptors (Lipinski definition) is 2. The van der Waals surface area contributed by atoms with E-state index in [4.69, 9.17) is 5.11 Å². The smallest absolute Gasteiger partial charge is 0.405 e. The molecule has 0 aromatic carbocycles. The monoisotopic (exact) mass is 208 g/mol. The van der Waals surface area contributed by atoms with Gasteiger partial charge >= 0.3 is 6.09 Å². The number of carbonyl (C=O) groups is 1. The van der Waals surface area contributed by atoms with Gasteiger partial charge < -0.3 is 15.3 Å². The molecule has 1 saturated heterocycles. The Bertz CT molecular complexity index is 223. The first-order valence-electron chi connectivity index (χ1n) is 4.55. The SMILES string of the molecule is CCN1CCC(F)(F)C(NC(=O)O)C1. The van der Waals surface area contributed by atoms with Gasteiger partial charge in [-0.1, -0.05) is 6.92 Å². The molecule has 1 aliphatic rings. The summed E-state index contributed by atoms with van der Waals surface area (Å²) in [5, 5.41) is 10.3. The highest BCUT2D eigenvalue weighted by atomic mass is 19.3. The van der Waals surface area contributed by atoms with Gasteiger partial charge in [0.1, 0.15) is 6.04 Å². The van der Waals surface area contributed by atoms with Crippen LogP contribution < -0.4 is 5.32 Å². The molecule has 0 aliphatic carbocycles. The lowest BCUT2D eigenvalue weighted by Gasteiger charge is -2.37. The summed E-state index contributed by atoms with van der Waals surface area (Å²) in [6, 6.07) is -1.28. The van der Waals surface area contributed by atoms with Crippen molar-refractivity contribution in [3.8, 4) is 0 Å². The van der Waals surface area contributed by atoms with Crippen molar-refractivity contribution < 1.29 is 18.7 Å². The van der Waals surface area contributed by atoms with E-state index in [0.717, 1.165) is 0 Å². The lowest BCUT2D eigenvalue weighted by molar-refractivity contribution is -0.0807. The van der Waals surface area contributed by atoms with Gasteiger partial charge in [0.2, 0.25) is 0 Å². The number of likely N-dealkylation sites (tertiary alicyclic amines) is 1. The third-order valence-electron chi connectivity index (χ3n) is 2.46. The molecule has 1 amide bonds. The summed E-state index contributed by atoms with van der Waals surface area (Å²) in [7, 11) is 0. The zero-order valence-corrected chi connectivity index (χ0v) is 7.96. The van der Waals surface area contributed by atoms with Crippen molar-refractivity contribution >= 4 is 6.09 Å². The van der Waals surface area contributed by atoms with E-state index in [1.807, 2.05) is 12.2 Å². The van der Waals surface area contributed by atoms with Crippen LogP contribution in [0.2, 0.25) is 0 Å². The van der Waals surface area contributed by atoms with E-state index >= 15 is 0 Å². The van der Waals surface area contributed by atoms with Crippen molar-refractivity contribution in [2.75, 3.05) is 19.6 Å². The van der Waals surface area contributed by atoms with Crippen LogP contribution in [0.5, 0.6) is 0 Å². The lowest BCUT2D eigenvalue weighted by atomic mass is 10.0. The van der Waals surface area contributed by atoms with E-state index in [-0.39, 0.29) is 13.0 Å². The third kappa shape index (κ3) is 2.54. The number of rotatable bonds is 2. The average molecular weight is 208 g/mol. The van der Waals surface area contributed by atoms with Gasteiger partial charge in [-0.05, 0) is 6.54 Å². The van der Waals surface area contributed by atoms with Crippen LogP contribution in [-0.2, 0) is 0 Å². The molecule has 0 spiro atoms. The van der Waals surface area contributed by atoms with Crippen LogP contribution in [0.1, 0.15) is 13.3 Å². The molecule has 14 heavy (non-hydrogen) atoms. The predicted octanol–water partition coefficient (Wildman–Crippen LogP) is 0.984. The average Bonchev–Trinajstić information content (AvgIpc) is 2.08. The highest BCUT2D eigenvalue weighted by molar-refractivity contribution is 5.65. The zero-order valence-electron chi connectivity index (χ0n) is 7.96. The number of alkyl halides is 2. The van der Waals surface area contributed by atoms with Crippen LogP contribution in [0.3, 0.4) is 0 Å². The molecule has 4 nitrogen and oxygen atoms in total. The molecule has 1 fully saturated rings. The first kappa shape index (κ1) is 11.2. The number of hydrogen-bond donors (Lipinski definition) is 2. The summed E-state index contributed by atoms with van der Waals surface area (Å²) in [5.74, 6) is -2.93. The molecule has 1 atom stereocenters. The summed E-state index contributed by atoms with van der Waals surface area (Å²) in [6.45, 7) is 2.92. The van der Waals surface area contributed by atoms with Crippen LogP contribution >= 0.6 is 0 Å². The van der Waals surface area contributed by atoms with Gasteiger partial charge in [-0.3, -0.25) is 0 Å². The van der Waals surface area contributed by atoms with Crippen molar-refractivity contribution in [3.63, 3.8) is 0 Å². The van der Waals surface area contributed by atoms with E-state index in [0.29, 0.717) is 13.1 Å². The topological polar surface area (TPSA) is 52.6 Å². The number of nitrogens with one attached hydrogen (secondary N) is 1. The molecule has 1 unspecified atom stereocenters. The van der Waals surface area contributed by atoms with Gasteiger partial charge in [-0.2, -0.15) is 0 Å². The molecule has 0 aromatic rings. The van der Waals surface area contributed by atoms with Crippen LogP contribution in [-0.4, -0.2) is 47.7 Å². The Morgan fingerprint density at radius 3 is 2.86 bits per heavy atom. The van der Waals surface area contributed by atoms with Gasteiger partial charge in [0.05, 0.1) is 0 Å². The molecular formula is C8H14F2N2O2. The molecular weight excluding hydrogens is 194 g/mol. The number of piperidine rings is 1. The second-order valence-corrected chi connectivity index (χ2v) is 3.41. The van der Waals surface area contributed by atoms with Gasteiger partial charge in [-0.15, -0.1) is 0 Å². The molecule has 0 aromatic heterocycles. The molecule has 0 radical (unpaired) electrons. The van der Waals surface area contributed by atoms with E-state index < -0.39 is 18.1 Å². The fourth-order valence-electron chi connectivity index (χ4n) is 1.55. The highest BCUT2D eigenvalue weighted by Crippen LogP contribution is 2.28. The van der Waals surface area contributed by atoms with Crippen LogP contribution in [0.25, 0.3) is 0 Å². The number of carboxylic acid groups (broad SMARTS) is 1. The first-order valence-corrected chi connectivity index (χ1v) is 4.55. The number of nitrogens with zero attached hydrogens (tertiary/aromatic N) is 1. The van der Waals surface area contributed by atoms with E-state index in [1.54, 1.807) is 4.90 Å². The fraction of sp³-hybridized carbons (Fsp3) is 0.875. The number of halogens is 2. The van der Waals surface area contributed by atoms with Crippen LogP contribution in [0.15, 0.2) is 0 Å². The second kappa shape index (κ2) is 4.08. The zero-order chi connectivity index (χ0) is 10.8. The Kier molecular flexibility index (Phi) is 3.25. The Labute approximate surface area is 80.9 Å². The Hall–Kier alpha value is -0.910. The molecule has 6 heteroatoms. The maximum absolute atomic E-state index is 13.2. The lowest BCUT2D eigenvalue weighted by Crippen LogP contribution is -2.58. The van der Waals surface area contributed by atoms with Gasteiger partial charge in [-0.25, -0.2) is 13.6 Å². The van der Waals surface area contributed by atoms with Crippen LogP contribution in [0.4, 0.5) is 13.6 Å². The minimum Gasteiger partial charge on any atom is -0.465 e. The van der Waals surface area contributed by atoms with Crippen molar-refractivity contribution in [2.24, 2.45) is 0 Å². The quantitative estimate of drug-likeness (QED) is 0.711. The van der Waals surface area contributed by atoms with Crippen molar-refractivity contribution in [1.29, 1.82) is 0 Å². The Morgan fingerprint density at radius 2 is 2.36 bits per heavy atom. The van der Waals surface area contributed by atoms with Gasteiger partial charge in [0.25, 0.3) is 5.92 Å². The van der Waals surface area contributed by atoms with Crippen molar-refractivity contribution in [1.82, 2.24) is 10.2 Å². The molecule has 1 aliphatic heterocycles. The molecule has 1 heterocycles. The van der Waals surface area contributed by atoms with E-state index in [9.17, 15) is 13.6 Å². The van der Waals surface area contributed by atoms with E-state index in [1.165, 1.54) is 0 Å². The number of amides is 1. The summed E-state index contributed by atoms with van der Waals surface area (Å²) >= 11 is 0. The van der Waals surface area contributed by atoms with E-state index in [2.05, 4.69) is 0 Å². The predicted molar refractivity (Wildman–Crippen MR) is 46.6 cm³/mol. The Morgan fingerprint density at radius 1 is 1.71 bits per heavy atom. The minimum absolute atomic E-state index is 0.0792. The van der Waals surface area contributed by atoms with Crippen LogP contribution in [0, 0.1) is 0 Å². The molecule has 82 valence electrons. The Balaban J connectivity index is 2.61. The largest absolute Gasteiger partial charge is 0.465 e. The summed E-state index contributed by atoms with van der Waals surface area (Å²) < 4.78 is 26.4. The molecule has 1 rings (SSSR count). The third-order valence-corrected chi connectivity index (χ3v) is 2.46. The highest BCUT2D eigenvalue weighted by Gasteiger charge is 2.44.